The molecule has 2 aliphatic carbocycles. The highest BCUT2D eigenvalue weighted by molar-refractivity contribution is 5.91. The van der Waals surface area contributed by atoms with Crippen molar-refractivity contribution >= 4 is 5.97 Å². The minimum atomic E-state index is -0.792. The van der Waals surface area contributed by atoms with Gasteiger partial charge in [-0.2, -0.15) is 0 Å². The molecule has 134 valence electrons. The minimum Gasteiger partial charge on any atom is -0.459 e. The van der Waals surface area contributed by atoms with Crippen LogP contribution in [0.5, 0.6) is 0 Å². The van der Waals surface area contributed by atoms with Gasteiger partial charge >= 0.3 is 5.97 Å². The van der Waals surface area contributed by atoms with Crippen LogP contribution in [-0.2, 0) is 9.53 Å². The molecule has 2 N–H and O–H groups in total. The van der Waals surface area contributed by atoms with Gasteiger partial charge < -0.3 is 14.9 Å². The van der Waals surface area contributed by atoms with Crippen LogP contribution in [0.3, 0.4) is 0 Å². The van der Waals surface area contributed by atoms with E-state index < -0.39 is 11.7 Å². The Kier molecular flexibility index (Phi) is 4.42. The molecule has 0 bridgehead atoms. The first-order valence-corrected chi connectivity index (χ1v) is 9.11. The fourth-order valence-corrected chi connectivity index (χ4v) is 5.20. The summed E-state index contributed by atoms with van der Waals surface area (Å²) in [6.07, 6.45) is 6.94. The molecule has 2 fully saturated rings. The van der Waals surface area contributed by atoms with Crippen molar-refractivity contribution in [1.29, 1.82) is 0 Å². The van der Waals surface area contributed by atoms with Gasteiger partial charge in [0.2, 0.25) is 0 Å². The number of hydrogen-bond acceptors (Lipinski definition) is 4. The fraction of sp³-hybridized carbons (Fsp3) is 0.750. The van der Waals surface area contributed by atoms with Crippen LogP contribution in [-0.4, -0.2) is 34.5 Å². The molecule has 0 radical (unpaired) electrons. The van der Waals surface area contributed by atoms with Gasteiger partial charge in [-0.1, -0.05) is 31.6 Å². The quantitative estimate of drug-likeness (QED) is 0.463. The second kappa shape index (κ2) is 5.99. The number of hydrogen-bond donors (Lipinski definition) is 2. The first-order chi connectivity index (χ1) is 11.2. The van der Waals surface area contributed by atoms with Crippen molar-refractivity contribution < 1.29 is 19.7 Å². The lowest BCUT2D eigenvalue weighted by molar-refractivity contribution is -0.135. The van der Waals surface area contributed by atoms with Gasteiger partial charge in [0.15, 0.2) is 0 Å². The number of allylic oxidation sites excluding steroid dienone is 3. The Bertz CT molecular complexity index is 588. The van der Waals surface area contributed by atoms with E-state index in [1.54, 1.807) is 0 Å². The van der Waals surface area contributed by atoms with Crippen molar-refractivity contribution in [3.8, 4) is 0 Å². The second-order valence-electron chi connectivity index (χ2n) is 8.50. The number of aliphatic hydroxyl groups excluding tert-OH is 1. The molecule has 1 aliphatic heterocycles. The number of aliphatic hydroxyl groups is 2. The summed E-state index contributed by atoms with van der Waals surface area (Å²) in [6, 6.07) is 0. The minimum absolute atomic E-state index is 0.0734. The van der Waals surface area contributed by atoms with E-state index in [2.05, 4.69) is 26.8 Å². The van der Waals surface area contributed by atoms with Crippen LogP contribution in [0.2, 0.25) is 0 Å². The monoisotopic (exact) mass is 334 g/mol. The molecule has 0 spiro atoms. The predicted molar refractivity (Wildman–Crippen MR) is 92.1 cm³/mol. The molecule has 3 aliphatic rings. The first-order valence-electron chi connectivity index (χ1n) is 9.11. The molecule has 1 saturated carbocycles. The third-order valence-corrected chi connectivity index (χ3v) is 7.18. The summed E-state index contributed by atoms with van der Waals surface area (Å²) in [7, 11) is 0. The number of cyclic esters (lactones) is 1. The van der Waals surface area contributed by atoms with Crippen molar-refractivity contribution in [2.75, 3.05) is 6.61 Å². The van der Waals surface area contributed by atoms with E-state index in [0.29, 0.717) is 17.4 Å². The molecule has 0 aromatic rings. The molecule has 3 rings (SSSR count). The Morgan fingerprint density at radius 2 is 2.08 bits per heavy atom. The van der Waals surface area contributed by atoms with Crippen LogP contribution in [0.15, 0.2) is 23.3 Å². The van der Waals surface area contributed by atoms with Crippen molar-refractivity contribution in [2.45, 2.75) is 65.1 Å². The molecule has 1 heterocycles. The number of carbonyl (C=O) groups is 1. The third-order valence-electron chi connectivity index (χ3n) is 7.18. The van der Waals surface area contributed by atoms with Crippen LogP contribution in [0, 0.1) is 23.2 Å². The van der Waals surface area contributed by atoms with Gasteiger partial charge in [-0.3, -0.25) is 0 Å². The topological polar surface area (TPSA) is 66.8 Å². The van der Waals surface area contributed by atoms with E-state index in [1.165, 1.54) is 5.57 Å². The Morgan fingerprint density at radius 3 is 2.71 bits per heavy atom. The Balaban J connectivity index is 1.87. The highest BCUT2D eigenvalue weighted by atomic mass is 16.6. The van der Waals surface area contributed by atoms with Gasteiger partial charge in [0, 0.05) is 0 Å². The SMILES string of the molecule is CC1=CC[C@@H]2[C@@H](C)[C@](C)(O)CC[C@@]2(C)[C@@H]1C/C=C1/C(=O)OC[C@H]1O. The van der Waals surface area contributed by atoms with Gasteiger partial charge in [-0.25, -0.2) is 4.79 Å². The van der Waals surface area contributed by atoms with Gasteiger partial charge in [0.25, 0.3) is 0 Å². The Hall–Kier alpha value is -1.13. The molecule has 24 heavy (non-hydrogen) atoms. The van der Waals surface area contributed by atoms with E-state index >= 15 is 0 Å². The number of ether oxygens (including phenoxy) is 1. The molecule has 0 aromatic heterocycles. The molecule has 6 atom stereocenters. The summed E-state index contributed by atoms with van der Waals surface area (Å²) in [4.78, 5) is 11.7. The normalized spacial score (nSPS) is 47.3. The number of carbonyl (C=O) groups excluding carboxylic acids is 1. The summed E-state index contributed by atoms with van der Waals surface area (Å²) in [6.45, 7) is 8.72. The van der Waals surface area contributed by atoms with Crippen LogP contribution in [0.1, 0.15) is 53.4 Å². The standard InChI is InChI=1S/C20H30O4/c1-12-5-7-16-13(2)20(4,23)10-9-19(16,3)15(12)8-6-14-17(21)11-24-18(14)22/h5-6,13,15-17,21,23H,7-11H2,1-4H3/b14-6+/t13-,15-,16-,17-,19+,20-/m1/s1. The summed E-state index contributed by atoms with van der Waals surface area (Å²) in [5, 5.41) is 20.6. The van der Waals surface area contributed by atoms with Crippen LogP contribution < -0.4 is 0 Å². The average molecular weight is 334 g/mol. The van der Waals surface area contributed by atoms with Gasteiger partial charge in [-0.15, -0.1) is 0 Å². The molecular formula is C20H30O4. The van der Waals surface area contributed by atoms with Crippen molar-refractivity contribution in [2.24, 2.45) is 23.2 Å². The molecule has 4 nitrogen and oxygen atoms in total. The zero-order chi connectivity index (χ0) is 17.7. The smallest absolute Gasteiger partial charge is 0.336 e. The highest BCUT2D eigenvalue weighted by Crippen LogP contribution is 2.58. The van der Waals surface area contributed by atoms with E-state index in [1.807, 2.05) is 13.0 Å². The molecule has 0 amide bonds. The van der Waals surface area contributed by atoms with E-state index in [-0.39, 0.29) is 23.9 Å². The van der Waals surface area contributed by atoms with Crippen molar-refractivity contribution in [3.63, 3.8) is 0 Å². The first kappa shape index (κ1) is 17.7. The predicted octanol–water partition coefficient (Wildman–Crippen LogP) is 2.99. The van der Waals surface area contributed by atoms with Crippen LogP contribution in [0.25, 0.3) is 0 Å². The molecule has 1 saturated heterocycles. The maximum atomic E-state index is 11.7. The highest BCUT2D eigenvalue weighted by Gasteiger charge is 2.53. The second-order valence-corrected chi connectivity index (χ2v) is 8.50. The van der Waals surface area contributed by atoms with E-state index in [4.69, 9.17) is 4.74 Å². The third kappa shape index (κ3) is 2.74. The lowest BCUT2D eigenvalue weighted by Crippen LogP contribution is -2.53. The summed E-state index contributed by atoms with van der Waals surface area (Å²) < 4.78 is 4.92. The number of fused-ring (bicyclic) bond motifs is 1. The molecule has 0 unspecified atom stereocenters. The summed E-state index contributed by atoms with van der Waals surface area (Å²) >= 11 is 0. The van der Waals surface area contributed by atoms with E-state index in [0.717, 1.165) is 25.7 Å². The van der Waals surface area contributed by atoms with Crippen LogP contribution in [0.4, 0.5) is 0 Å². The van der Waals surface area contributed by atoms with Gasteiger partial charge in [-0.05, 0) is 62.7 Å². The lowest BCUT2D eigenvalue weighted by Gasteiger charge is -2.56. The van der Waals surface area contributed by atoms with Gasteiger partial charge in [0.1, 0.15) is 12.7 Å². The largest absolute Gasteiger partial charge is 0.459 e. The average Bonchev–Trinajstić information content (AvgIpc) is 2.83. The summed E-state index contributed by atoms with van der Waals surface area (Å²) in [5.41, 5.74) is 1.28. The molecular weight excluding hydrogens is 304 g/mol. The van der Waals surface area contributed by atoms with Crippen molar-refractivity contribution in [3.05, 3.63) is 23.3 Å². The number of esters is 1. The molecule has 4 heteroatoms. The fourth-order valence-electron chi connectivity index (χ4n) is 5.20. The van der Waals surface area contributed by atoms with Gasteiger partial charge in [0.05, 0.1) is 11.2 Å². The van der Waals surface area contributed by atoms with Crippen LogP contribution >= 0.6 is 0 Å². The maximum absolute atomic E-state index is 11.7. The van der Waals surface area contributed by atoms with E-state index in [9.17, 15) is 15.0 Å². The summed E-state index contributed by atoms with van der Waals surface area (Å²) in [5.74, 6) is 0.635. The number of rotatable bonds is 2. The molecule has 0 aromatic carbocycles. The Labute approximate surface area is 144 Å². The zero-order valence-electron chi connectivity index (χ0n) is 15.2. The van der Waals surface area contributed by atoms with Crippen molar-refractivity contribution in [1.82, 2.24) is 0 Å². The lowest BCUT2D eigenvalue weighted by atomic mass is 9.49. The maximum Gasteiger partial charge on any atom is 0.336 e. The zero-order valence-corrected chi connectivity index (χ0v) is 15.2. The Morgan fingerprint density at radius 1 is 1.38 bits per heavy atom.